The second-order valence-corrected chi connectivity index (χ2v) is 4.40. The van der Waals surface area contributed by atoms with Crippen LogP contribution in [0.3, 0.4) is 0 Å². The minimum absolute atomic E-state index is 0.242. The van der Waals surface area contributed by atoms with Gasteiger partial charge in [0, 0.05) is 23.5 Å². The Morgan fingerprint density at radius 2 is 2.21 bits per heavy atom. The van der Waals surface area contributed by atoms with E-state index in [2.05, 4.69) is 10.3 Å². The molecule has 0 aliphatic rings. The molecule has 0 saturated heterocycles. The van der Waals surface area contributed by atoms with Gasteiger partial charge < -0.3 is 10.1 Å². The van der Waals surface area contributed by atoms with Crippen molar-refractivity contribution in [2.45, 2.75) is 6.92 Å². The standard InChI is InChI=1S/C14H13ClN2O2/c1-9-6-12(13(19-2)7-11(9)15)17-14(18)10-4-3-5-16-8-10/h3-8H,1-2H3,(H,17,18). The summed E-state index contributed by atoms with van der Waals surface area (Å²) >= 11 is 6.02. The van der Waals surface area contributed by atoms with Crippen molar-refractivity contribution in [1.29, 1.82) is 0 Å². The number of pyridine rings is 1. The normalized spacial score (nSPS) is 10.1. The van der Waals surface area contributed by atoms with E-state index in [-0.39, 0.29) is 5.91 Å². The molecule has 1 amide bonds. The number of rotatable bonds is 3. The number of nitrogens with zero attached hydrogens (tertiary/aromatic N) is 1. The second kappa shape index (κ2) is 5.71. The summed E-state index contributed by atoms with van der Waals surface area (Å²) in [4.78, 5) is 15.9. The van der Waals surface area contributed by atoms with Crippen molar-refractivity contribution in [2.75, 3.05) is 12.4 Å². The summed E-state index contributed by atoms with van der Waals surface area (Å²) in [6, 6.07) is 6.85. The quantitative estimate of drug-likeness (QED) is 0.936. The van der Waals surface area contributed by atoms with Gasteiger partial charge in [-0.2, -0.15) is 0 Å². The Bertz CT molecular complexity index is 600. The zero-order valence-corrected chi connectivity index (χ0v) is 11.4. The number of benzene rings is 1. The fourth-order valence-electron chi connectivity index (χ4n) is 1.62. The number of hydrogen-bond acceptors (Lipinski definition) is 3. The number of methoxy groups -OCH3 is 1. The Kier molecular flexibility index (Phi) is 4.02. The van der Waals surface area contributed by atoms with Crippen LogP contribution in [-0.2, 0) is 0 Å². The topological polar surface area (TPSA) is 51.2 Å². The molecule has 1 N–H and O–H groups in total. The first-order chi connectivity index (χ1) is 9.11. The highest BCUT2D eigenvalue weighted by atomic mass is 35.5. The molecule has 19 heavy (non-hydrogen) atoms. The van der Waals surface area contributed by atoms with Crippen LogP contribution in [0.25, 0.3) is 0 Å². The Morgan fingerprint density at radius 3 is 2.84 bits per heavy atom. The highest BCUT2D eigenvalue weighted by Gasteiger charge is 2.11. The van der Waals surface area contributed by atoms with E-state index in [9.17, 15) is 4.79 Å². The van der Waals surface area contributed by atoms with Crippen LogP contribution in [0.2, 0.25) is 5.02 Å². The third-order valence-electron chi connectivity index (χ3n) is 2.65. The summed E-state index contributed by atoms with van der Waals surface area (Å²) in [5.74, 6) is 0.279. The highest BCUT2D eigenvalue weighted by molar-refractivity contribution is 6.31. The van der Waals surface area contributed by atoms with Crippen molar-refractivity contribution in [1.82, 2.24) is 4.98 Å². The van der Waals surface area contributed by atoms with Crippen molar-refractivity contribution in [3.8, 4) is 5.75 Å². The average Bonchev–Trinajstić information content (AvgIpc) is 2.43. The van der Waals surface area contributed by atoms with Gasteiger partial charge in [0.2, 0.25) is 0 Å². The maximum Gasteiger partial charge on any atom is 0.257 e. The molecule has 2 aromatic rings. The zero-order valence-electron chi connectivity index (χ0n) is 10.6. The number of hydrogen-bond donors (Lipinski definition) is 1. The number of ether oxygens (including phenoxy) is 1. The maximum atomic E-state index is 12.0. The lowest BCUT2D eigenvalue weighted by Crippen LogP contribution is -2.13. The number of aromatic nitrogens is 1. The van der Waals surface area contributed by atoms with Crippen molar-refractivity contribution >= 4 is 23.2 Å². The van der Waals surface area contributed by atoms with Crippen molar-refractivity contribution in [3.63, 3.8) is 0 Å². The van der Waals surface area contributed by atoms with Gasteiger partial charge in [-0.05, 0) is 30.7 Å². The fourth-order valence-corrected chi connectivity index (χ4v) is 1.78. The van der Waals surface area contributed by atoms with E-state index in [1.54, 1.807) is 30.5 Å². The summed E-state index contributed by atoms with van der Waals surface area (Å²) in [5.41, 5.74) is 1.93. The molecule has 0 aliphatic carbocycles. The molecule has 0 unspecified atom stereocenters. The Labute approximate surface area is 116 Å². The van der Waals surface area contributed by atoms with Gasteiger partial charge >= 0.3 is 0 Å². The van der Waals surface area contributed by atoms with Crippen LogP contribution in [0.15, 0.2) is 36.7 Å². The number of amides is 1. The average molecular weight is 277 g/mol. The van der Waals surface area contributed by atoms with Gasteiger partial charge in [-0.1, -0.05) is 11.6 Å². The summed E-state index contributed by atoms with van der Waals surface area (Å²) in [7, 11) is 1.53. The lowest BCUT2D eigenvalue weighted by Gasteiger charge is -2.12. The lowest BCUT2D eigenvalue weighted by molar-refractivity contribution is 0.102. The predicted octanol–water partition coefficient (Wildman–Crippen LogP) is 3.30. The monoisotopic (exact) mass is 276 g/mol. The molecule has 0 atom stereocenters. The van der Waals surface area contributed by atoms with Gasteiger partial charge in [0.15, 0.2) is 0 Å². The Balaban J connectivity index is 2.28. The zero-order chi connectivity index (χ0) is 13.8. The van der Waals surface area contributed by atoms with E-state index in [0.717, 1.165) is 5.56 Å². The minimum atomic E-state index is -0.242. The molecular formula is C14H13ClN2O2. The summed E-state index contributed by atoms with van der Waals surface area (Å²) in [6.07, 6.45) is 3.12. The Hall–Kier alpha value is -2.07. The van der Waals surface area contributed by atoms with E-state index < -0.39 is 0 Å². The number of halogens is 1. The number of aryl methyl sites for hydroxylation is 1. The first-order valence-corrected chi connectivity index (χ1v) is 6.05. The first kappa shape index (κ1) is 13.4. The maximum absolute atomic E-state index is 12.0. The van der Waals surface area contributed by atoms with Crippen LogP contribution in [0.5, 0.6) is 5.75 Å². The molecule has 0 aliphatic heterocycles. The number of nitrogens with one attached hydrogen (secondary N) is 1. The molecule has 98 valence electrons. The van der Waals surface area contributed by atoms with Crippen molar-refractivity contribution in [3.05, 3.63) is 52.8 Å². The molecule has 1 aromatic carbocycles. The molecule has 2 rings (SSSR count). The third kappa shape index (κ3) is 3.03. The SMILES string of the molecule is COc1cc(Cl)c(C)cc1NC(=O)c1cccnc1. The number of carbonyl (C=O) groups excluding carboxylic acids is 1. The Morgan fingerprint density at radius 1 is 1.42 bits per heavy atom. The van der Waals surface area contributed by atoms with Crippen LogP contribution in [0.1, 0.15) is 15.9 Å². The first-order valence-electron chi connectivity index (χ1n) is 5.67. The molecule has 1 heterocycles. The van der Waals surface area contributed by atoms with E-state index in [1.165, 1.54) is 13.3 Å². The molecule has 1 aromatic heterocycles. The van der Waals surface area contributed by atoms with Gasteiger partial charge in [0.25, 0.3) is 5.91 Å². The van der Waals surface area contributed by atoms with Gasteiger partial charge in [0.1, 0.15) is 5.75 Å². The van der Waals surface area contributed by atoms with Crippen LogP contribution in [0, 0.1) is 6.92 Å². The molecule has 0 bridgehead atoms. The van der Waals surface area contributed by atoms with Crippen LogP contribution < -0.4 is 10.1 Å². The largest absolute Gasteiger partial charge is 0.495 e. The van der Waals surface area contributed by atoms with Crippen molar-refractivity contribution in [2.24, 2.45) is 0 Å². The second-order valence-electron chi connectivity index (χ2n) is 4.00. The molecule has 0 fully saturated rings. The summed E-state index contributed by atoms with van der Waals surface area (Å²) in [5, 5.41) is 3.38. The van der Waals surface area contributed by atoms with E-state index >= 15 is 0 Å². The summed E-state index contributed by atoms with van der Waals surface area (Å²) in [6.45, 7) is 1.86. The van der Waals surface area contributed by atoms with E-state index in [4.69, 9.17) is 16.3 Å². The smallest absolute Gasteiger partial charge is 0.257 e. The molecule has 5 heteroatoms. The fraction of sp³-hybridized carbons (Fsp3) is 0.143. The minimum Gasteiger partial charge on any atom is -0.495 e. The molecule has 0 saturated carbocycles. The molecule has 0 radical (unpaired) electrons. The van der Waals surface area contributed by atoms with Gasteiger partial charge in [0.05, 0.1) is 18.4 Å². The van der Waals surface area contributed by atoms with Gasteiger partial charge in [-0.25, -0.2) is 0 Å². The van der Waals surface area contributed by atoms with Crippen LogP contribution in [-0.4, -0.2) is 18.0 Å². The third-order valence-corrected chi connectivity index (χ3v) is 3.06. The van der Waals surface area contributed by atoms with E-state index in [0.29, 0.717) is 22.0 Å². The van der Waals surface area contributed by atoms with Gasteiger partial charge in [-0.15, -0.1) is 0 Å². The number of carbonyl (C=O) groups is 1. The molecule has 0 spiro atoms. The van der Waals surface area contributed by atoms with E-state index in [1.807, 2.05) is 6.92 Å². The predicted molar refractivity (Wildman–Crippen MR) is 74.9 cm³/mol. The van der Waals surface area contributed by atoms with Crippen molar-refractivity contribution < 1.29 is 9.53 Å². The summed E-state index contributed by atoms with van der Waals surface area (Å²) < 4.78 is 5.20. The molecular weight excluding hydrogens is 264 g/mol. The lowest BCUT2D eigenvalue weighted by atomic mass is 10.2. The van der Waals surface area contributed by atoms with Crippen LogP contribution >= 0.6 is 11.6 Å². The van der Waals surface area contributed by atoms with Crippen LogP contribution in [0.4, 0.5) is 5.69 Å². The van der Waals surface area contributed by atoms with Gasteiger partial charge in [-0.3, -0.25) is 9.78 Å². The highest BCUT2D eigenvalue weighted by Crippen LogP contribution is 2.31. The number of anilines is 1. The molecule has 4 nitrogen and oxygen atoms in total.